The van der Waals surface area contributed by atoms with E-state index in [1.807, 2.05) is 37.3 Å². The number of aromatic nitrogens is 1. The Balaban J connectivity index is 1.84. The molecule has 43 heavy (non-hydrogen) atoms. The fraction of sp³-hybridized carbons (Fsp3) is 0.182. The van der Waals surface area contributed by atoms with Gasteiger partial charge in [-0.25, -0.2) is 0 Å². The molecule has 2 aromatic heterocycles. The van der Waals surface area contributed by atoms with E-state index in [9.17, 15) is 30.0 Å². The number of nitriles is 2. The molecule has 1 fully saturated rings. The second-order valence-corrected chi connectivity index (χ2v) is 11.2. The molecule has 0 spiro atoms. The number of anilines is 1. The van der Waals surface area contributed by atoms with Crippen LogP contribution in [0, 0.1) is 29.6 Å². The van der Waals surface area contributed by atoms with Crippen LogP contribution >= 0.6 is 11.3 Å². The minimum Gasteiger partial charge on any atom is -0.492 e. The van der Waals surface area contributed by atoms with Crippen molar-refractivity contribution in [1.29, 1.82) is 10.5 Å². The molecule has 0 saturated carbocycles. The lowest BCUT2D eigenvalue weighted by molar-refractivity contribution is -0.117. The van der Waals surface area contributed by atoms with Crippen LogP contribution in [0.1, 0.15) is 51.7 Å². The molecule has 0 unspecified atom stereocenters. The van der Waals surface area contributed by atoms with E-state index >= 15 is 0 Å². The predicted octanol–water partition coefficient (Wildman–Crippen LogP) is 3.50. The normalized spacial score (nSPS) is 13.0. The van der Waals surface area contributed by atoms with Gasteiger partial charge < -0.3 is 10.0 Å². The highest BCUT2D eigenvalue weighted by molar-refractivity contribution is 7.17. The maximum absolute atomic E-state index is 14.1. The van der Waals surface area contributed by atoms with E-state index in [1.165, 1.54) is 29.5 Å². The summed E-state index contributed by atoms with van der Waals surface area (Å²) in [5.41, 5.74) is 1.70. The first-order chi connectivity index (χ1) is 20.7. The lowest BCUT2D eigenvalue weighted by Gasteiger charge is -2.22. The van der Waals surface area contributed by atoms with Crippen LogP contribution in [0.25, 0.3) is 23.8 Å². The Hall–Kier alpha value is -5.45. The largest absolute Gasteiger partial charge is 0.492 e. The fourth-order valence-corrected chi connectivity index (χ4v) is 6.44. The molecular formula is C33H27N5O4S. The Labute approximate surface area is 251 Å². The van der Waals surface area contributed by atoms with Gasteiger partial charge in [0.1, 0.15) is 22.7 Å². The number of benzene rings is 2. The van der Waals surface area contributed by atoms with Crippen LogP contribution in [0.4, 0.5) is 5.00 Å². The highest BCUT2D eigenvalue weighted by Crippen LogP contribution is 2.43. The van der Waals surface area contributed by atoms with Crippen molar-refractivity contribution in [2.45, 2.75) is 26.7 Å². The Kier molecular flexibility index (Phi) is 7.98. The molecule has 10 heteroatoms. The lowest BCUT2D eigenvalue weighted by Crippen LogP contribution is -2.56. The first-order valence-corrected chi connectivity index (χ1v) is 14.4. The molecule has 0 atom stereocenters. The predicted molar refractivity (Wildman–Crippen MR) is 166 cm³/mol. The van der Waals surface area contributed by atoms with Crippen molar-refractivity contribution in [2.75, 3.05) is 23.0 Å². The summed E-state index contributed by atoms with van der Waals surface area (Å²) in [7, 11) is 0. The highest BCUT2D eigenvalue weighted by Gasteiger charge is 2.29. The topological polar surface area (TPSA) is 130 Å². The summed E-state index contributed by atoms with van der Waals surface area (Å²) in [4.78, 5) is 43.0. The van der Waals surface area contributed by atoms with E-state index in [2.05, 4.69) is 17.5 Å². The molecule has 0 radical (unpaired) electrons. The number of carbonyl (C=O) groups is 2. The number of hydrogen-bond acceptors (Lipinski definition) is 8. The summed E-state index contributed by atoms with van der Waals surface area (Å²) < 4.78 is 0.516. The van der Waals surface area contributed by atoms with Crippen molar-refractivity contribution in [3.63, 3.8) is 0 Å². The van der Waals surface area contributed by atoms with Gasteiger partial charge >= 0.3 is 0 Å². The minimum atomic E-state index is -0.925. The van der Waals surface area contributed by atoms with Gasteiger partial charge in [0, 0.05) is 41.2 Å². The van der Waals surface area contributed by atoms with Crippen molar-refractivity contribution in [1.82, 2.24) is 4.68 Å². The van der Waals surface area contributed by atoms with Crippen LogP contribution in [0.2, 0.25) is 0 Å². The van der Waals surface area contributed by atoms with Crippen LogP contribution in [-0.4, -0.2) is 34.7 Å². The maximum atomic E-state index is 14.1. The van der Waals surface area contributed by atoms with Crippen molar-refractivity contribution in [3.8, 4) is 29.1 Å². The summed E-state index contributed by atoms with van der Waals surface area (Å²) in [5, 5.41) is 32.4. The van der Waals surface area contributed by atoms with E-state index in [-0.39, 0.29) is 21.6 Å². The number of aryl methyl sites for hydroxylation is 1. The van der Waals surface area contributed by atoms with Crippen LogP contribution in [0.15, 0.2) is 59.4 Å². The first kappa shape index (κ1) is 29.1. The molecule has 1 saturated heterocycles. The monoisotopic (exact) mass is 589 g/mol. The average Bonchev–Trinajstić information content (AvgIpc) is 3.66. The molecule has 0 aliphatic carbocycles. The maximum Gasteiger partial charge on any atom is 0.280 e. The summed E-state index contributed by atoms with van der Waals surface area (Å²) in [6.45, 7) is 8.54. The quantitative estimate of drug-likeness (QED) is 0.377. The van der Waals surface area contributed by atoms with E-state index in [1.54, 1.807) is 18.2 Å². The van der Waals surface area contributed by atoms with E-state index in [4.69, 9.17) is 0 Å². The number of hydrogen-bond donors (Lipinski definition) is 1. The SMILES string of the molecule is C=c1c(C#N)c(O)n(N(C(C)=O)C(=O)c2ccccc2)c(=O)/c1=C\c1sc(N2CCCC2)c(C#N)c1-c1ccc(C)cc1. The average molecular weight is 590 g/mol. The number of nitrogens with zero attached hydrogens (tertiary/aromatic N) is 5. The molecule has 2 amide bonds. The van der Waals surface area contributed by atoms with Gasteiger partial charge in [-0.2, -0.15) is 20.2 Å². The van der Waals surface area contributed by atoms with E-state index < -0.39 is 23.3 Å². The molecule has 1 aliphatic rings. The van der Waals surface area contributed by atoms with Gasteiger partial charge in [0.05, 0.1) is 10.8 Å². The van der Waals surface area contributed by atoms with Crippen LogP contribution in [-0.2, 0) is 4.79 Å². The summed E-state index contributed by atoms with van der Waals surface area (Å²) in [5.74, 6) is -2.59. The van der Waals surface area contributed by atoms with Gasteiger partial charge in [0.25, 0.3) is 11.5 Å². The van der Waals surface area contributed by atoms with Crippen LogP contribution in [0.5, 0.6) is 5.88 Å². The second kappa shape index (κ2) is 11.8. The molecule has 1 aliphatic heterocycles. The molecule has 3 heterocycles. The molecule has 214 valence electrons. The van der Waals surface area contributed by atoms with Crippen molar-refractivity contribution < 1.29 is 14.7 Å². The molecule has 5 rings (SSSR count). The molecule has 4 aromatic rings. The fourth-order valence-electron chi connectivity index (χ4n) is 5.17. The van der Waals surface area contributed by atoms with Crippen molar-refractivity contribution >= 4 is 40.8 Å². The summed E-state index contributed by atoms with van der Waals surface area (Å²) in [6, 6.07) is 19.7. The third-order valence-corrected chi connectivity index (χ3v) is 8.53. The third-order valence-electron chi connectivity index (χ3n) is 7.33. The van der Waals surface area contributed by atoms with Gasteiger partial charge in [-0.05, 0) is 43.5 Å². The smallest absolute Gasteiger partial charge is 0.280 e. The van der Waals surface area contributed by atoms with Gasteiger partial charge in [0.15, 0.2) is 0 Å². The van der Waals surface area contributed by atoms with E-state index in [0.717, 1.165) is 49.0 Å². The number of thiophene rings is 1. The Bertz CT molecular complexity index is 2010. The number of amides is 2. The zero-order valence-corrected chi connectivity index (χ0v) is 24.4. The van der Waals surface area contributed by atoms with Crippen LogP contribution < -0.4 is 25.9 Å². The zero-order valence-electron chi connectivity index (χ0n) is 23.6. The highest BCUT2D eigenvalue weighted by atomic mass is 32.1. The van der Waals surface area contributed by atoms with Crippen LogP contribution in [0.3, 0.4) is 0 Å². The lowest BCUT2D eigenvalue weighted by atomic mass is 9.99. The van der Waals surface area contributed by atoms with Gasteiger partial charge in [-0.3, -0.25) is 14.4 Å². The molecular weight excluding hydrogens is 562 g/mol. The molecule has 2 aromatic carbocycles. The third kappa shape index (κ3) is 5.21. The number of aromatic hydroxyl groups is 1. The van der Waals surface area contributed by atoms with E-state index in [0.29, 0.717) is 25.7 Å². The van der Waals surface area contributed by atoms with Crippen molar-refractivity contribution in [2.24, 2.45) is 0 Å². The Morgan fingerprint density at radius 3 is 2.23 bits per heavy atom. The molecule has 1 N–H and O–H groups in total. The number of imide groups is 1. The number of carbonyl (C=O) groups excluding carboxylic acids is 2. The van der Waals surface area contributed by atoms with Gasteiger partial charge in [-0.15, -0.1) is 11.3 Å². The Morgan fingerprint density at radius 1 is 1.02 bits per heavy atom. The summed E-state index contributed by atoms with van der Waals surface area (Å²) in [6.07, 6.45) is 3.51. The Morgan fingerprint density at radius 2 is 1.65 bits per heavy atom. The minimum absolute atomic E-state index is 0.0681. The molecule has 9 nitrogen and oxygen atoms in total. The number of pyridine rings is 1. The van der Waals surface area contributed by atoms with Gasteiger partial charge in [0.2, 0.25) is 11.8 Å². The number of rotatable bonds is 5. The van der Waals surface area contributed by atoms with Crippen molar-refractivity contribution in [3.05, 3.63) is 103 Å². The summed E-state index contributed by atoms with van der Waals surface area (Å²) >= 11 is 1.34. The molecule has 0 bridgehead atoms. The second-order valence-electron chi connectivity index (χ2n) is 10.2. The zero-order chi connectivity index (χ0) is 30.8. The van der Waals surface area contributed by atoms with Gasteiger partial charge in [-0.1, -0.05) is 54.6 Å². The first-order valence-electron chi connectivity index (χ1n) is 13.6. The standard InChI is InChI=1S/C33H27N5O4S/c1-20-11-13-23(14-12-20)29-27(19-35)33(36-15-7-8-16-36)43-28(29)17-25-21(2)26(18-34)32(42)38(31(25)41)37(22(3)39)30(40)24-9-5-4-6-10-24/h4-6,9-14,17,42H,2,7-8,15-16H2,1,3H3/b25-17-.